The van der Waals surface area contributed by atoms with Gasteiger partial charge in [0, 0.05) is 17.1 Å². The highest BCUT2D eigenvalue weighted by molar-refractivity contribution is 9.10. The van der Waals surface area contributed by atoms with Crippen molar-refractivity contribution in [1.82, 2.24) is 0 Å². The second-order valence-corrected chi connectivity index (χ2v) is 6.05. The summed E-state index contributed by atoms with van der Waals surface area (Å²) >= 11 is 3.36. The maximum Gasteiger partial charge on any atom is 0.101 e. The smallest absolute Gasteiger partial charge is 0.101 e. The molecule has 0 aliphatic heterocycles. The average Bonchev–Trinajstić information content (AvgIpc) is 2.46. The predicted octanol–water partition coefficient (Wildman–Crippen LogP) is 3.02. The largest absolute Gasteiger partial charge is 0.382 e. The third-order valence-corrected chi connectivity index (χ3v) is 4.09. The number of rotatable bonds is 5. The molecule has 0 unspecified atom stereocenters. The number of nitrogens with zero attached hydrogens (tertiary/aromatic N) is 1. The van der Waals surface area contributed by atoms with Gasteiger partial charge in [0.2, 0.25) is 0 Å². The van der Waals surface area contributed by atoms with Crippen molar-refractivity contribution in [2.75, 3.05) is 18.5 Å². The monoisotopic (exact) mass is 337 g/mol. The number of halogens is 1. The van der Waals surface area contributed by atoms with E-state index in [9.17, 15) is 0 Å². The van der Waals surface area contributed by atoms with Gasteiger partial charge in [-0.05, 0) is 43.9 Å². The fourth-order valence-electron chi connectivity index (χ4n) is 2.43. The minimum atomic E-state index is 0.344. The van der Waals surface area contributed by atoms with Gasteiger partial charge in [-0.15, -0.1) is 0 Å². The molecule has 0 radical (unpaired) electrons. The van der Waals surface area contributed by atoms with Crippen LogP contribution in [0.4, 0.5) is 5.69 Å². The molecule has 1 aromatic rings. The lowest BCUT2D eigenvalue weighted by Crippen LogP contribution is -2.31. The molecule has 1 aliphatic carbocycles. The molecule has 0 heterocycles. The van der Waals surface area contributed by atoms with Crippen LogP contribution in [0, 0.1) is 11.3 Å². The van der Waals surface area contributed by atoms with Crippen molar-refractivity contribution in [3.63, 3.8) is 0 Å². The highest BCUT2D eigenvalue weighted by Crippen LogP contribution is 2.21. The van der Waals surface area contributed by atoms with Crippen LogP contribution in [0.5, 0.6) is 0 Å². The maximum atomic E-state index is 9.07. The number of nitrogens with two attached hydrogens (primary N) is 1. The van der Waals surface area contributed by atoms with Crippen LogP contribution in [-0.4, -0.2) is 25.3 Å². The van der Waals surface area contributed by atoms with E-state index in [-0.39, 0.29) is 0 Å². The van der Waals surface area contributed by atoms with E-state index >= 15 is 0 Å². The van der Waals surface area contributed by atoms with E-state index in [1.165, 1.54) is 0 Å². The van der Waals surface area contributed by atoms with Crippen molar-refractivity contribution in [2.45, 2.75) is 37.8 Å². The lowest BCUT2D eigenvalue weighted by molar-refractivity contribution is 0.0313. The van der Waals surface area contributed by atoms with E-state index in [0.717, 1.165) is 35.8 Å². The van der Waals surface area contributed by atoms with Crippen LogP contribution in [0.25, 0.3) is 0 Å². The minimum absolute atomic E-state index is 0.344. The molecule has 0 atom stereocenters. The standard InChI is InChI=1S/C15H20BrN3O/c16-12-1-6-15(11(9-12)10-17)19-7-8-20-14-4-2-13(18)3-5-14/h1,6,9,13-14,19H,2-5,7-8,18H2. The second-order valence-electron chi connectivity index (χ2n) is 5.14. The van der Waals surface area contributed by atoms with E-state index < -0.39 is 0 Å². The summed E-state index contributed by atoms with van der Waals surface area (Å²) in [5.41, 5.74) is 7.36. The molecule has 0 spiro atoms. The summed E-state index contributed by atoms with van der Waals surface area (Å²) in [4.78, 5) is 0. The summed E-state index contributed by atoms with van der Waals surface area (Å²) in [5, 5.41) is 12.3. The normalized spacial score (nSPS) is 22.2. The highest BCUT2D eigenvalue weighted by Gasteiger charge is 2.18. The molecule has 3 N–H and O–H groups in total. The van der Waals surface area contributed by atoms with Gasteiger partial charge in [-0.1, -0.05) is 15.9 Å². The van der Waals surface area contributed by atoms with Gasteiger partial charge in [0.1, 0.15) is 6.07 Å². The number of nitrogens with one attached hydrogen (secondary N) is 1. The molecule has 1 saturated carbocycles. The summed E-state index contributed by atoms with van der Waals surface area (Å²) < 4.78 is 6.75. The lowest BCUT2D eigenvalue weighted by atomic mass is 9.94. The molecular formula is C15H20BrN3O. The molecule has 5 heteroatoms. The number of ether oxygens (including phenoxy) is 1. The van der Waals surface area contributed by atoms with Crippen molar-refractivity contribution in [1.29, 1.82) is 5.26 Å². The molecule has 1 aliphatic rings. The van der Waals surface area contributed by atoms with Crippen molar-refractivity contribution in [3.8, 4) is 6.07 Å². The Labute approximate surface area is 128 Å². The van der Waals surface area contributed by atoms with Crippen molar-refractivity contribution in [2.24, 2.45) is 5.73 Å². The Balaban J connectivity index is 1.72. The van der Waals surface area contributed by atoms with Crippen molar-refractivity contribution >= 4 is 21.6 Å². The molecule has 0 aromatic heterocycles. The molecule has 2 rings (SSSR count). The first-order chi connectivity index (χ1) is 9.69. The van der Waals surface area contributed by atoms with Crippen LogP contribution >= 0.6 is 15.9 Å². The summed E-state index contributed by atoms with van der Waals surface area (Å²) in [6, 6.07) is 8.18. The Morgan fingerprint density at radius 2 is 2.10 bits per heavy atom. The first kappa shape index (κ1) is 15.3. The number of hydrogen-bond acceptors (Lipinski definition) is 4. The van der Waals surface area contributed by atoms with Gasteiger partial charge in [0.25, 0.3) is 0 Å². The van der Waals surface area contributed by atoms with Gasteiger partial charge in [0.15, 0.2) is 0 Å². The van der Waals surface area contributed by atoms with E-state index in [0.29, 0.717) is 30.9 Å². The topological polar surface area (TPSA) is 71.1 Å². The quantitative estimate of drug-likeness (QED) is 0.810. The molecule has 1 aromatic carbocycles. The summed E-state index contributed by atoms with van der Waals surface area (Å²) in [6.45, 7) is 1.36. The van der Waals surface area contributed by atoms with Crippen LogP contribution < -0.4 is 11.1 Å². The fraction of sp³-hybridized carbons (Fsp3) is 0.533. The molecule has 0 saturated heterocycles. The Bertz CT molecular complexity index is 478. The first-order valence-electron chi connectivity index (χ1n) is 6.99. The zero-order valence-electron chi connectivity index (χ0n) is 11.4. The van der Waals surface area contributed by atoms with Gasteiger partial charge in [-0.3, -0.25) is 0 Å². The molecule has 20 heavy (non-hydrogen) atoms. The highest BCUT2D eigenvalue weighted by atomic mass is 79.9. The van der Waals surface area contributed by atoms with Crippen LogP contribution in [-0.2, 0) is 4.74 Å². The summed E-state index contributed by atoms with van der Waals surface area (Å²) in [7, 11) is 0. The fourth-order valence-corrected chi connectivity index (χ4v) is 2.79. The predicted molar refractivity (Wildman–Crippen MR) is 83.5 cm³/mol. The second kappa shape index (κ2) is 7.63. The van der Waals surface area contributed by atoms with Crippen molar-refractivity contribution < 1.29 is 4.74 Å². The van der Waals surface area contributed by atoms with Crippen LogP contribution in [0.2, 0.25) is 0 Å². The van der Waals surface area contributed by atoms with Gasteiger partial charge in [0.05, 0.1) is 24.0 Å². The van der Waals surface area contributed by atoms with Gasteiger partial charge in [-0.2, -0.15) is 5.26 Å². The molecule has 1 fully saturated rings. The third kappa shape index (κ3) is 4.48. The molecule has 4 nitrogen and oxygen atoms in total. The van der Waals surface area contributed by atoms with Crippen LogP contribution in [0.1, 0.15) is 31.2 Å². The maximum absolute atomic E-state index is 9.07. The Morgan fingerprint density at radius 3 is 2.80 bits per heavy atom. The van der Waals surface area contributed by atoms with Gasteiger partial charge in [-0.25, -0.2) is 0 Å². The number of nitriles is 1. The average molecular weight is 338 g/mol. The number of anilines is 1. The zero-order valence-corrected chi connectivity index (χ0v) is 13.0. The summed E-state index contributed by atoms with van der Waals surface area (Å²) in [5.74, 6) is 0. The Morgan fingerprint density at radius 1 is 1.35 bits per heavy atom. The number of benzene rings is 1. The van der Waals surface area contributed by atoms with Crippen LogP contribution in [0.3, 0.4) is 0 Å². The Kier molecular flexibility index (Phi) is 5.84. The van der Waals surface area contributed by atoms with E-state index in [1.54, 1.807) is 0 Å². The lowest BCUT2D eigenvalue weighted by Gasteiger charge is -2.26. The van der Waals surface area contributed by atoms with Gasteiger partial charge < -0.3 is 15.8 Å². The first-order valence-corrected chi connectivity index (χ1v) is 7.79. The van der Waals surface area contributed by atoms with Crippen LogP contribution in [0.15, 0.2) is 22.7 Å². The zero-order chi connectivity index (χ0) is 14.4. The Hall–Kier alpha value is -1.09. The molecule has 108 valence electrons. The number of hydrogen-bond donors (Lipinski definition) is 2. The molecular weight excluding hydrogens is 318 g/mol. The molecule has 0 bridgehead atoms. The summed E-state index contributed by atoms with van der Waals surface area (Å²) in [6.07, 6.45) is 4.58. The molecule has 0 amide bonds. The van der Waals surface area contributed by atoms with Gasteiger partial charge >= 0.3 is 0 Å². The SMILES string of the molecule is N#Cc1cc(Br)ccc1NCCOC1CCC(N)CC1. The van der Waals surface area contributed by atoms with E-state index in [2.05, 4.69) is 27.3 Å². The third-order valence-electron chi connectivity index (χ3n) is 3.59. The van der Waals surface area contributed by atoms with E-state index in [4.69, 9.17) is 15.7 Å². The van der Waals surface area contributed by atoms with E-state index in [1.807, 2.05) is 18.2 Å². The minimum Gasteiger partial charge on any atom is -0.382 e. The van der Waals surface area contributed by atoms with Crippen molar-refractivity contribution in [3.05, 3.63) is 28.2 Å².